The zero-order valence-corrected chi connectivity index (χ0v) is 11.0. The van der Waals surface area contributed by atoms with Crippen LogP contribution in [0.3, 0.4) is 0 Å². The molecule has 0 saturated heterocycles. The zero-order chi connectivity index (χ0) is 15.4. The van der Waals surface area contributed by atoms with Gasteiger partial charge in [0, 0.05) is 0 Å². The average Bonchev–Trinajstić information content (AvgIpc) is 2.34. The van der Waals surface area contributed by atoms with Crippen LogP contribution in [-0.4, -0.2) is 14.8 Å². The Hall–Kier alpha value is -2.58. The van der Waals surface area contributed by atoms with Crippen LogP contribution >= 0.6 is 0 Å². The minimum absolute atomic E-state index is 0.0510. The normalized spacial score (nSPS) is 10.3. The van der Waals surface area contributed by atoms with Gasteiger partial charge in [0.05, 0.1) is 20.8 Å². The summed E-state index contributed by atoms with van der Waals surface area (Å²) in [5.41, 5.74) is -1.91. The molecule has 0 aliphatic heterocycles. The van der Waals surface area contributed by atoms with Crippen LogP contribution in [0, 0.1) is 37.3 Å². The van der Waals surface area contributed by atoms with Crippen molar-refractivity contribution in [1.29, 1.82) is 0 Å². The Morgan fingerprint density at radius 2 is 1.55 bits per heavy atom. The fraction of sp³-hybridized carbons (Fsp3) is 0.455. The predicted octanol–water partition coefficient (Wildman–Crippen LogP) is 3.06. The second kappa shape index (κ2) is 6.04. The van der Waals surface area contributed by atoms with Crippen LogP contribution in [0.5, 0.6) is 0 Å². The first-order chi connectivity index (χ1) is 9.31. The highest BCUT2D eigenvalue weighted by Crippen LogP contribution is 2.38. The Labute approximate surface area is 113 Å². The predicted molar refractivity (Wildman–Crippen MR) is 69.8 cm³/mol. The van der Waals surface area contributed by atoms with Crippen LogP contribution in [0.2, 0.25) is 0 Å². The van der Waals surface area contributed by atoms with E-state index >= 15 is 0 Å². The molecule has 1 rings (SSSR count). The molecular formula is C11H13N3O6. The molecule has 0 unspecified atom stereocenters. The molecule has 0 aliphatic rings. The van der Waals surface area contributed by atoms with E-state index < -0.39 is 31.8 Å². The molecule has 0 bridgehead atoms. The molecule has 0 aromatic heterocycles. The lowest BCUT2D eigenvalue weighted by Crippen LogP contribution is -2.06. The average molecular weight is 283 g/mol. The Morgan fingerprint density at radius 1 is 1.00 bits per heavy atom. The molecule has 0 N–H and O–H groups in total. The first-order valence-corrected chi connectivity index (χ1v) is 5.90. The molecule has 0 spiro atoms. The van der Waals surface area contributed by atoms with Crippen LogP contribution in [0.1, 0.15) is 30.9 Å². The minimum atomic E-state index is -0.848. The van der Waals surface area contributed by atoms with Gasteiger partial charge in [0.25, 0.3) is 17.1 Å². The second-order valence-corrected chi connectivity index (χ2v) is 4.24. The van der Waals surface area contributed by atoms with Crippen molar-refractivity contribution < 1.29 is 14.8 Å². The highest BCUT2D eigenvalue weighted by Gasteiger charge is 2.33. The lowest BCUT2D eigenvalue weighted by Gasteiger charge is -2.06. The molecule has 20 heavy (non-hydrogen) atoms. The third-order valence-corrected chi connectivity index (χ3v) is 2.96. The number of benzene rings is 1. The summed E-state index contributed by atoms with van der Waals surface area (Å²) in [7, 11) is 0. The van der Waals surface area contributed by atoms with Crippen LogP contribution in [0.25, 0.3) is 0 Å². The summed E-state index contributed by atoms with van der Waals surface area (Å²) in [6.45, 7) is 3.07. The Bertz CT molecular complexity index is 584. The van der Waals surface area contributed by atoms with Gasteiger partial charge in [-0.15, -0.1) is 0 Å². The Kier molecular flexibility index (Phi) is 4.68. The van der Waals surface area contributed by atoms with Crippen LogP contribution in [0.15, 0.2) is 6.07 Å². The summed E-state index contributed by atoms with van der Waals surface area (Å²) in [5.74, 6) is 0. The zero-order valence-electron chi connectivity index (χ0n) is 11.0. The molecule has 0 radical (unpaired) electrons. The van der Waals surface area contributed by atoms with E-state index in [0.29, 0.717) is 12.8 Å². The largest absolute Gasteiger partial charge is 0.289 e. The maximum absolute atomic E-state index is 11.1. The summed E-state index contributed by atoms with van der Waals surface area (Å²) in [6, 6.07) is 0.799. The van der Waals surface area contributed by atoms with Crippen molar-refractivity contribution in [3.63, 3.8) is 0 Å². The first kappa shape index (κ1) is 15.5. The SMILES string of the molecule is CCCCc1c([N+](=O)[O-])cc([N+](=O)[O-])c(C)c1[N+](=O)[O-]. The third-order valence-electron chi connectivity index (χ3n) is 2.96. The molecule has 0 heterocycles. The van der Waals surface area contributed by atoms with E-state index in [9.17, 15) is 30.3 Å². The molecule has 108 valence electrons. The topological polar surface area (TPSA) is 129 Å². The van der Waals surface area contributed by atoms with Gasteiger partial charge in [-0.25, -0.2) is 0 Å². The molecule has 0 aliphatic carbocycles. The fourth-order valence-electron chi connectivity index (χ4n) is 1.99. The van der Waals surface area contributed by atoms with E-state index in [1.807, 2.05) is 6.92 Å². The van der Waals surface area contributed by atoms with Crippen molar-refractivity contribution in [2.24, 2.45) is 0 Å². The molecule has 0 fully saturated rings. The highest BCUT2D eigenvalue weighted by atomic mass is 16.6. The van der Waals surface area contributed by atoms with E-state index in [4.69, 9.17) is 0 Å². The summed E-state index contributed by atoms with van der Waals surface area (Å²) in [4.78, 5) is 30.5. The van der Waals surface area contributed by atoms with E-state index in [2.05, 4.69) is 0 Å². The lowest BCUT2D eigenvalue weighted by molar-refractivity contribution is -0.404. The standard InChI is InChI=1S/C11H13N3O6/c1-3-4-5-8-10(13(17)18)6-9(12(15)16)7(2)11(8)14(19)20/h6H,3-5H2,1-2H3. The number of hydrogen-bond acceptors (Lipinski definition) is 6. The Morgan fingerprint density at radius 3 is 1.95 bits per heavy atom. The van der Waals surface area contributed by atoms with Crippen molar-refractivity contribution >= 4 is 17.1 Å². The highest BCUT2D eigenvalue weighted by molar-refractivity contribution is 5.66. The van der Waals surface area contributed by atoms with Crippen LogP contribution < -0.4 is 0 Å². The van der Waals surface area contributed by atoms with Crippen molar-refractivity contribution in [1.82, 2.24) is 0 Å². The van der Waals surface area contributed by atoms with E-state index in [-0.39, 0.29) is 17.5 Å². The van der Waals surface area contributed by atoms with Crippen LogP contribution in [-0.2, 0) is 6.42 Å². The summed E-state index contributed by atoms with van der Waals surface area (Å²) in [6.07, 6.45) is 1.37. The molecule has 1 aromatic carbocycles. The lowest BCUT2D eigenvalue weighted by atomic mass is 9.99. The van der Waals surface area contributed by atoms with E-state index in [1.54, 1.807) is 0 Å². The van der Waals surface area contributed by atoms with Crippen LogP contribution in [0.4, 0.5) is 17.1 Å². The minimum Gasteiger partial charge on any atom is -0.258 e. The molecule has 1 aromatic rings. The van der Waals surface area contributed by atoms with E-state index in [1.165, 1.54) is 6.92 Å². The number of nitro benzene ring substituents is 3. The molecule has 0 atom stereocenters. The van der Waals surface area contributed by atoms with Crippen molar-refractivity contribution in [2.45, 2.75) is 33.1 Å². The Balaban J connectivity index is 3.68. The number of nitrogens with zero attached hydrogens (tertiary/aromatic N) is 3. The van der Waals surface area contributed by atoms with Gasteiger partial charge in [0.1, 0.15) is 11.1 Å². The third kappa shape index (κ3) is 2.87. The van der Waals surface area contributed by atoms with Crippen molar-refractivity contribution in [3.8, 4) is 0 Å². The molecule has 0 amide bonds. The first-order valence-electron chi connectivity index (χ1n) is 5.90. The number of unbranched alkanes of at least 4 members (excludes halogenated alkanes) is 1. The van der Waals surface area contributed by atoms with Crippen molar-refractivity contribution in [3.05, 3.63) is 47.5 Å². The molecule has 9 heteroatoms. The van der Waals surface area contributed by atoms with Crippen molar-refractivity contribution in [2.75, 3.05) is 0 Å². The number of nitro groups is 3. The van der Waals surface area contributed by atoms with Gasteiger partial charge in [-0.2, -0.15) is 0 Å². The summed E-state index contributed by atoms with van der Waals surface area (Å²) >= 11 is 0. The van der Waals surface area contributed by atoms with Gasteiger partial charge in [0.2, 0.25) is 0 Å². The molecule has 9 nitrogen and oxygen atoms in total. The van der Waals surface area contributed by atoms with Gasteiger partial charge in [0.15, 0.2) is 0 Å². The summed E-state index contributed by atoms with van der Waals surface area (Å²) in [5, 5.41) is 33.0. The molecule has 0 saturated carbocycles. The van der Waals surface area contributed by atoms with Gasteiger partial charge in [-0.05, 0) is 19.8 Å². The van der Waals surface area contributed by atoms with Gasteiger partial charge < -0.3 is 0 Å². The molecular weight excluding hydrogens is 270 g/mol. The second-order valence-electron chi connectivity index (χ2n) is 4.24. The quantitative estimate of drug-likeness (QED) is 0.582. The summed E-state index contributed by atoms with van der Waals surface area (Å²) < 4.78 is 0. The maximum Gasteiger partial charge on any atom is 0.289 e. The fourth-order valence-corrected chi connectivity index (χ4v) is 1.99. The number of rotatable bonds is 6. The maximum atomic E-state index is 11.1. The van der Waals surface area contributed by atoms with Gasteiger partial charge >= 0.3 is 0 Å². The van der Waals surface area contributed by atoms with E-state index in [0.717, 1.165) is 6.07 Å². The smallest absolute Gasteiger partial charge is 0.258 e. The monoisotopic (exact) mass is 283 g/mol. The van der Waals surface area contributed by atoms with Gasteiger partial charge in [-0.3, -0.25) is 30.3 Å². The van der Waals surface area contributed by atoms with Gasteiger partial charge in [-0.1, -0.05) is 13.3 Å². The number of hydrogen-bond donors (Lipinski definition) is 0.